The fourth-order valence-corrected chi connectivity index (χ4v) is 1.52. The molecule has 0 N–H and O–H groups in total. The third-order valence-electron chi connectivity index (χ3n) is 2.18. The van der Waals surface area contributed by atoms with Crippen LogP contribution in [0.5, 0.6) is 0 Å². The van der Waals surface area contributed by atoms with E-state index in [0.717, 1.165) is 12.8 Å². The summed E-state index contributed by atoms with van der Waals surface area (Å²) < 4.78 is 4.64. The molecule has 1 saturated carbocycles. The first-order chi connectivity index (χ1) is 6.69. The molecule has 0 saturated heterocycles. The van der Waals surface area contributed by atoms with E-state index in [4.69, 9.17) is 0 Å². The molecule has 0 unspecified atom stereocenters. The van der Waals surface area contributed by atoms with Gasteiger partial charge >= 0.3 is 6.09 Å². The SMILES string of the molecule is COC(=O)N(CCC(=O)CBr)C1CC1. The van der Waals surface area contributed by atoms with Crippen LogP contribution in [-0.4, -0.2) is 41.8 Å². The van der Waals surface area contributed by atoms with Crippen molar-refractivity contribution in [1.29, 1.82) is 0 Å². The van der Waals surface area contributed by atoms with Crippen LogP contribution >= 0.6 is 15.9 Å². The van der Waals surface area contributed by atoms with Crippen LogP contribution in [0.2, 0.25) is 0 Å². The Labute approximate surface area is 91.7 Å². The number of halogens is 1. The van der Waals surface area contributed by atoms with E-state index < -0.39 is 0 Å². The molecule has 14 heavy (non-hydrogen) atoms. The first-order valence-electron chi connectivity index (χ1n) is 4.61. The maximum absolute atomic E-state index is 11.3. The van der Waals surface area contributed by atoms with Gasteiger partial charge in [-0.25, -0.2) is 4.79 Å². The Morgan fingerprint density at radius 3 is 2.57 bits per heavy atom. The standard InChI is InChI=1S/C9H14BrNO3/c1-14-9(13)11(7-2-3-7)5-4-8(12)6-10/h7H,2-6H2,1H3. The second kappa shape index (κ2) is 5.34. The molecule has 0 aliphatic heterocycles. The van der Waals surface area contributed by atoms with Crippen molar-refractivity contribution in [3.8, 4) is 0 Å². The highest BCUT2D eigenvalue weighted by Gasteiger charge is 2.33. The Morgan fingerprint density at radius 2 is 2.14 bits per heavy atom. The topological polar surface area (TPSA) is 46.6 Å². The zero-order valence-corrected chi connectivity index (χ0v) is 9.75. The van der Waals surface area contributed by atoms with Crippen molar-refractivity contribution in [2.75, 3.05) is 19.0 Å². The number of alkyl halides is 1. The van der Waals surface area contributed by atoms with Gasteiger partial charge in [-0.05, 0) is 12.8 Å². The summed E-state index contributed by atoms with van der Waals surface area (Å²) in [5.41, 5.74) is 0. The van der Waals surface area contributed by atoms with Gasteiger partial charge < -0.3 is 9.64 Å². The minimum atomic E-state index is -0.324. The number of methoxy groups -OCH3 is 1. The quantitative estimate of drug-likeness (QED) is 0.708. The number of amides is 1. The summed E-state index contributed by atoms with van der Waals surface area (Å²) >= 11 is 3.09. The number of ether oxygens (including phenoxy) is 1. The molecule has 1 aliphatic rings. The molecule has 80 valence electrons. The van der Waals surface area contributed by atoms with Crippen molar-refractivity contribution < 1.29 is 14.3 Å². The second-order valence-electron chi connectivity index (χ2n) is 3.32. The predicted octanol–water partition coefficient (Wildman–Crippen LogP) is 1.57. The van der Waals surface area contributed by atoms with E-state index in [2.05, 4.69) is 20.7 Å². The monoisotopic (exact) mass is 263 g/mol. The molecule has 0 bridgehead atoms. The average Bonchev–Trinajstić information content (AvgIpc) is 3.01. The molecule has 0 spiro atoms. The number of carbonyl (C=O) groups excluding carboxylic acids is 2. The van der Waals surface area contributed by atoms with Gasteiger partial charge in [0.25, 0.3) is 0 Å². The van der Waals surface area contributed by atoms with Crippen LogP contribution in [-0.2, 0) is 9.53 Å². The molecule has 4 nitrogen and oxygen atoms in total. The first-order valence-corrected chi connectivity index (χ1v) is 5.73. The normalized spacial score (nSPS) is 15.0. The van der Waals surface area contributed by atoms with Gasteiger partial charge in [0.15, 0.2) is 0 Å². The van der Waals surface area contributed by atoms with Crippen LogP contribution < -0.4 is 0 Å². The molecule has 1 amide bonds. The van der Waals surface area contributed by atoms with Crippen molar-refractivity contribution in [2.24, 2.45) is 0 Å². The summed E-state index contributed by atoms with van der Waals surface area (Å²) in [5, 5.41) is 0.354. The van der Waals surface area contributed by atoms with E-state index >= 15 is 0 Å². The molecule has 5 heteroatoms. The predicted molar refractivity (Wildman–Crippen MR) is 55.6 cm³/mol. The number of Topliss-reactive ketones (excluding diaryl/α,β-unsaturated/α-hetero) is 1. The maximum atomic E-state index is 11.3. The van der Waals surface area contributed by atoms with Gasteiger partial charge in [-0.1, -0.05) is 15.9 Å². The van der Waals surface area contributed by atoms with Gasteiger partial charge in [0, 0.05) is 19.0 Å². The summed E-state index contributed by atoms with van der Waals surface area (Å²) in [5.74, 6) is 0.111. The Hall–Kier alpha value is -0.580. The molecule has 0 atom stereocenters. The lowest BCUT2D eigenvalue weighted by Crippen LogP contribution is -2.34. The lowest BCUT2D eigenvalue weighted by Gasteiger charge is -2.19. The van der Waals surface area contributed by atoms with Gasteiger partial charge in [-0.3, -0.25) is 4.79 Å². The van der Waals surface area contributed by atoms with E-state index in [1.807, 2.05) is 0 Å². The largest absolute Gasteiger partial charge is 0.453 e. The molecule has 0 radical (unpaired) electrons. The minimum absolute atomic E-state index is 0.111. The van der Waals surface area contributed by atoms with Gasteiger partial charge in [0.2, 0.25) is 0 Å². The zero-order chi connectivity index (χ0) is 10.6. The maximum Gasteiger partial charge on any atom is 0.409 e. The van der Waals surface area contributed by atoms with Crippen molar-refractivity contribution in [1.82, 2.24) is 4.90 Å². The van der Waals surface area contributed by atoms with Crippen molar-refractivity contribution in [3.63, 3.8) is 0 Å². The van der Waals surface area contributed by atoms with E-state index in [9.17, 15) is 9.59 Å². The summed E-state index contributed by atoms with van der Waals surface area (Å²) in [6.07, 6.45) is 2.13. The van der Waals surface area contributed by atoms with E-state index in [0.29, 0.717) is 24.3 Å². The Balaban J connectivity index is 2.35. The molecule has 0 heterocycles. The highest BCUT2D eigenvalue weighted by molar-refractivity contribution is 9.09. The van der Waals surface area contributed by atoms with Gasteiger partial charge in [-0.2, -0.15) is 0 Å². The number of hydrogen-bond acceptors (Lipinski definition) is 3. The number of ketones is 1. The fourth-order valence-electron chi connectivity index (χ4n) is 1.24. The van der Waals surface area contributed by atoms with Gasteiger partial charge in [0.1, 0.15) is 5.78 Å². The van der Waals surface area contributed by atoms with Gasteiger partial charge in [-0.15, -0.1) is 0 Å². The zero-order valence-electron chi connectivity index (χ0n) is 8.16. The van der Waals surface area contributed by atoms with Crippen LogP contribution in [0, 0.1) is 0 Å². The van der Waals surface area contributed by atoms with E-state index in [1.165, 1.54) is 7.11 Å². The van der Waals surface area contributed by atoms with Crippen LogP contribution in [0.15, 0.2) is 0 Å². The summed E-state index contributed by atoms with van der Waals surface area (Å²) in [6.45, 7) is 0.474. The number of rotatable bonds is 5. The van der Waals surface area contributed by atoms with Gasteiger partial charge in [0.05, 0.1) is 12.4 Å². The van der Waals surface area contributed by atoms with Crippen LogP contribution in [0.1, 0.15) is 19.3 Å². The molecule has 1 fully saturated rings. The third-order valence-corrected chi connectivity index (χ3v) is 2.80. The smallest absolute Gasteiger partial charge is 0.409 e. The molecular weight excluding hydrogens is 250 g/mol. The van der Waals surface area contributed by atoms with Crippen molar-refractivity contribution >= 4 is 27.8 Å². The average molecular weight is 264 g/mol. The molecule has 1 aliphatic carbocycles. The molecular formula is C9H14BrNO3. The van der Waals surface area contributed by atoms with E-state index in [-0.39, 0.29) is 11.9 Å². The molecule has 1 rings (SSSR count). The number of hydrogen-bond donors (Lipinski definition) is 0. The minimum Gasteiger partial charge on any atom is -0.453 e. The molecule has 0 aromatic rings. The van der Waals surface area contributed by atoms with Crippen molar-refractivity contribution in [2.45, 2.75) is 25.3 Å². The Morgan fingerprint density at radius 1 is 1.50 bits per heavy atom. The highest BCUT2D eigenvalue weighted by atomic mass is 79.9. The van der Waals surface area contributed by atoms with Crippen molar-refractivity contribution in [3.05, 3.63) is 0 Å². The van der Waals surface area contributed by atoms with Crippen LogP contribution in [0.3, 0.4) is 0 Å². The highest BCUT2D eigenvalue weighted by Crippen LogP contribution is 2.27. The lowest BCUT2D eigenvalue weighted by atomic mass is 10.3. The van der Waals surface area contributed by atoms with Crippen LogP contribution in [0.4, 0.5) is 4.79 Å². The Bertz CT molecular complexity index is 228. The fraction of sp³-hybridized carbons (Fsp3) is 0.778. The first kappa shape index (κ1) is 11.5. The second-order valence-corrected chi connectivity index (χ2v) is 3.88. The van der Waals surface area contributed by atoms with E-state index in [1.54, 1.807) is 4.90 Å². The summed E-state index contributed by atoms with van der Waals surface area (Å²) in [4.78, 5) is 24.0. The Kier molecular flexibility index (Phi) is 4.38. The lowest BCUT2D eigenvalue weighted by molar-refractivity contribution is -0.116. The third kappa shape index (κ3) is 3.29. The van der Waals surface area contributed by atoms with Crippen LogP contribution in [0.25, 0.3) is 0 Å². The molecule has 0 aromatic heterocycles. The summed E-state index contributed by atoms with van der Waals surface area (Å²) in [6, 6.07) is 0.297. The summed E-state index contributed by atoms with van der Waals surface area (Å²) in [7, 11) is 1.37. The number of carbonyl (C=O) groups is 2. The molecule has 0 aromatic carbocycles. The number of nitrogens with zero attached hydrogens (tertiary/aromatic N) is 1.